The highest BCUT2D eigenvalue weighted by Crippen LogP contribution is 2.15. The summed E-state index contributed by atoms with van der Waals surface area (Å²) in [5.74, 6) is 1.45. The fraction of sp³-hybridized carbons (Fsp3) is 0.348. The number of benzene rings is 2. The van der Waals surface area contributed by atoms with Crippen LogP contribution in [0.2, 0.25) is 0 Å². The molecule has 0 N–H and O–H groups in total. The zero-order chi connectivity index (χ0) is 22.0. The minimum Gasteiger partial charge on any atom is -0.492 e. The molecule has 0 fully saturated rings. The molecule has 4 rings (SSSR count). The normalized spacial score (nSPS) is 11.6. The Morgan fingerprint density at radius 3 is 2.74 bits per heavy atom. The molecule has 31 heavy (non-hydrogen) atoms. The number of hydrogen-bond donors (Lipinski definition) is 0. The van der Waals surface area contributed by atoms with Gasteiger partial charge in [0, 0.05) is 13.1 Å². The molecule has 0 amide bonds. The van der Waals surface area contributed by atoms with Crippen molar-refractivity contribution in [2.24, 2.45) is 0 Å². The van der Waals surface area contributed by atoms with E-state index in [1.807, 2.05) is 73.8 Å². The van der Waals surface area contributed by atoms with Crippen molar-refractivity contribution in [1.82, 2.24) is 23.6 Å². The smallest absolute Gasteiger partial charge is 0.262 e. The Balaban J connectivity index is 1.60. The van der Waals surface area contributed by atoms with Crippen molar-refractivity contribution in [2.45, 2.75) is 33.5 Å². The van der Waals surface area contributed by atoms with Gasteiger partial charge in [0.1, 0.15) is 12.4 Å². The zero-order valence-corrected chi connectivity index (χ0v) is 18.9. The van der Waals surface area contributed by atoms with Gasteiger partial charge in [-0.05, 0) is 62.4 Å². The van der Waals surface area contributed by atoms with E-state index in [0.717, 1.165) is 17.7 Å². The van der Waals surface area contributed by atoms with Crippen LogP contribution in [0.3, 0.4) is 0 Å². The van der Waals surface area contributed by atoms with E-state index in [-0.39, 0.29) is 5.56 Å². The molecule has 0 radical (unpaired) electrons. The minimum atomic E-state index is -0.0305. The average Bonchev–Trinajstić information content (AvgIpc) is 3.07. The van der Waals surface area contributed by atoms with Crippen LogP contribution in [0.4, 0.5) is 0 Å². The molecular formula is C23H27N5O2S. The van der Waals surface area contributed by atoms with Gasteiger partial charge in [0.2, 0.25) is 10.5 Å². The van der Waals surface area contributed by atoms with Gasteiger partial charge in [-0.25, -0.2) is 4.68 Å². The van der Waals surface area contributed by atoms with E-state index in [1.165, 1.54) is 5.56 Å². The molecule has 8 heteroatoms. The summed E-state index contributed by atoms with van der Waals surface area (Å²) in [5.41, 5.74) is 1.93. The summed E-state index contributed by atoms with van der Waals surface area (Å²) in [6.45, 7) is 6.47. The van der Waals surface area contributed by atoms with Crippen molar-refractivity contribution in [2.75, 3.05) is 20.2 Å². The zero-order valence-electron chi connectivity index (χ0n) is 18.1. The molecule has 0 atom stereocenters. The van der Waals surface area contributed by atoms with Crippen LogP contribution in [-0.4, -0.2) is 43.8 Å². The third kappa shape index (κ3) is 4.26. The van der Waals surface area contributed by atoms with E-state index in [1.54, 1.807) is 9.25 Å². The molecule has 0 aliphatic heterocycles. The van der Waals surface area contributed by atoms with Gasteiger partial charge < -0.3 is 4.74 Å². The van der Waals surface area contributed by atoms with Crippen LogP contribution in [0.5, 0.6) is 5.75 Å². The SMILES string of the molecule is CCCn1c(=O)c2ccccc2n2c(=S)n(CN(C)CCOc3cccc(C)c3)nc12. The van der Waals surface area contributed by atoms with Crippen LogP contribution >= 0.6 is 12.2 Å². The van der Waals surface area contributed by atoms with E-state index >= 15 is 0 Å². The maximum Gasteiger partial charge on any atom is 0.262 e. The number of para-hydroxylation sites is 1. The monoisotopic (exact) mass is 437 g/mol. The third-order valence-electron chi connectivity index (χ3n) is 5.24. The van der Waals surface area contributed by atoms with Crippen molar-refractivity contribution < 1.29 is 4.74 Å². The van der Waals surface area contributed by atoms with Crippen molar-refractivity contribution in [3.8, 4) is 5.75 Å². The fourth-order valence-electron chi connectivity index (χ4n) is 3.71. The molecule has 2 aromatic heterocycles. The summed E-state index contributed by atoms with van der Waals surface area (Å²) >= 11 is 5.75. The van der Waals surface area contributed by atoms with E-state index in [9.17, 15) is 4.79 Å². The van der Waals surface area contributed by atoms with Gasteiger partial charge >= 0.3 is 0 Å². The number of likely N-dealkylation sites (N-methyl/N-ethyl adjacent to an activating group) is 1. The topological polar surface area (TPSA) is 56.7 Å². The first-order valence-electron chi connectivity index (χ1n) is 10.5. The standard InChI is InChI=1S/C23H27N5O2S/c1-4-12-26-21(29)19-10-5-6-11-20(19)28-22(26)24-27(23(28)31)16-25(3)13-14-30-18-9-7-8-17(2)15-18/h5-11,15H,4,12-14,16H2,1-3H3. The summed E-state index contributed by atoms with van der Waals surface area (Å²) in [5, 5.41) is 5.37. The number of aromatic nitrogens is 4. The first kappa shape index (κ1) is 21.3. The first-order valence-corrected chi connectivity index (χ1v) is 10.9. The average molecular weight is 438 g/mol. The van der Waals surface area contributed by atoms with Crippen molar-refractivity contribution in [3.05, 3.63) is 69.2 Å². The molecule has 7 nitrogen and oxygen atoms in total. The Morgan fingerprint density at radius 2 is 1.97 bits per heavy atom. The Hall–Kier alpha value is -2.97. The van der Waals surface area contributed by atoms with Gasteiger partial charge in [-0.2, -0.15) is 0 Å². The molecule has 2 heterocycles. The molecule has 0 unspecified atom stereocenters. The summed E-state index contributed by atoms with van der Waals surface area (Å²) in [7, 11) is 2.00. The van der Waals surface area contributed by atoms with Crippen LogP contribution in [0.1, 0.15) is 18.9 Å². The van der Waals surface area contributed by atoms with Gasteiger partial charge in [0.05, 0.1) is 17.6 Å². The molecule has 0 spiro atoms. The summed E-state index contributed by atoms with van der Waals surface area (Å²) in [6, 6.07) is 15.6. The fourth-order valence-corrected chi connectivity index (χ4v) is 3.99. The van der Waals surface area contributed by atoms with Gasteiger partial charge in [-0.3, -0.25) is 18.7 Å². The second-order valence-electron chi connectivity index (χ2n) is 7.78. The molecular weight excluding hydrogens is 410 g/mol. The van der Waals surface area contributed by atoms with Crippen LogP contribution in [0, 0.1) is 11.7 Å². The minimum absolute atomic E-state index is 0.0305. The number of aryl methyl sites for hydroxylation is 2. The van der Waals surface area contributed by atoms with Crippen LogP contribution in [0.25, 0.3) is 16.7 Å². The molecule has 0 saturated heterocycles. The van der Waals surface area contributed by atoms with Crippen molar-refractivity contribution >= 4 is 28.9 Å². The number of hydrogen-bond acceptors (Lipinski definition) is 5. The first-order chi connectivity index (χ1) is 15.0. The van der Waals surface area contributed by atoms with Crippen molar-refractivity contribution in [1.29, 1.82) is 0 Å². The molecule has 4 aromatic rings. The van der Waals surface area contributed by atoms with Crippen LogP contribution in [0.15, 0.2) is 53.3 Å². The summed E-state index contributed by atoms with van der Waals surface area (Å²) in [6.07, 6.45) is 0.837. The molecule has 0 aliphatic carbocycles. The second-order valence-corrected chi connectivity index (χ2v) is 8.14. The predicted octanol–water partition coefficient (Wildman–Crippen LogP) is 3.87. The predicted molar refractivity (Wildman–Crippen MR) is 125 cm³/mol. The lowest BCUT2D eigenvalue weighted by atomic mass is 10.2. The van der Waals surface area contributed by atoms with Crippen LogP contribution < -0.4 is 10.3 Å². The number of fused-ring (bicyclic) bond motifs is 3. The highest BCUT2D eigenvalue weighted by molar-refractivity contribution is 7.71. The quantitative estimate of drug-likeness (QED) is 0.392. The van der Waals surface area contributed by atoms with Crippen molar-refractivity contribution in [3.63, 3.8) is 0 Å². The van der Waals surface area contributed by atoms with Gasteiger partial charge in [-0.15, -0.1) is 5.10 Å². The van der Waals surface area contributed by atoms with E-state index < -0.39 is 0 Å². The van der Waals surface area contributed by atoms with Gasteiger partial charge in [0.25, 0.3) is 5.56 Å². The highest BCUT2D eigenvalue weighted by Gasteiger charge is 2.15. The highest BCUT2D eigenvalue weighted by atomic mass is 32.1. The Morgan fingerprint density at radius 1 is 1.16 bits per heavy atom. The number of rotatable bonds is 8. The maximum absolute atomic E-state index is 13.0. The lowest BCUT2D eigenvalue weighted by molar-refractivity contribution is 0.198. The lowest BCUT2D eigenvalue weighted by Crippen LogP contribution is -2.27. The molecule has 0 bridgehead atoms. The Kier molecular flexibility index (Phi) is 6.20. The van der Waals surface area contributed by atoms with Crippen LogP contribution in [-0.2, 0) is 13.2 Å². The second kappa shape index (κ2) is 9.03. The summed E-state index contributed by atoms with van der Waals surface area (Å²) in [4.78, 5) is 15.1. The largest absolute Gasteiger partial charge is 0.492 e. The molecule has 162 valence electrons. The number of ether oxygens (including phenoxy) is 1. The van der Waals surface area contributed by atoms with Gasteiger partial charge in [-0.1, -0.05) is 31.2 Å². The molecule has 0 aliphatic rings. The third-order valence-corrected chi connectivity index (χ3v) is 5.63. The van der Waals surface area contributed by atoms with E-state index in [0.29, 0.717) is 42.3 Å². The Labute approximate surface area is 186 Å². The summed E-state index contributed by atoms with van der Waals surface area (Å²) < 4.78 is 11.8. The number of nitrogens with zero attached hydrogens (tertiary/aromatic N) is 5. The molecule has 2 aromatic carbocycles. The van der Waals surface area contributed by atoms with E-state index in [2.05, 4.69) is 4.90 Å². The Bertz CT molecular complexity index is 1340. The molecule has 0 saturated carbocycles. The lowest BCUT2D eigenvalue weighted by Gasteiger charge is -2.16. The van der Waals surface area contributed by atoms with Gasteiger partial charge in [0.15, 0.2) is 0 Å². The van der Waals surface area contributed by atoms with E-state index in [4.69, 9.17) is 22.1 Å². The maximum atomic E-state index is 13.0.